The lowest BCUT2D eigenvalue weighted by Gasteiger charge is -2.35. The number of fused-ring (bicyclic) bond motifs is 1. The first-order chi connectivity index (χ1) is 23.1. The highest BCUT2D eigenvalue weighted by Gasteiger charge is 2.65. The quantitative estimate of drug-likeness (QED) is 0.324. The van der Waals surface area contributed by atoms with Crippen molar-refractivity contribution >= 4 is 29.5 Å². The Bertz CT molecular complexity index is 1660. The van der Waals surface area contributed by atoms with E-state index in [0.29, 0.717) is 43.7 Å². The van der Waals surface area contributed by atoms with Crippen LogP contribution in [0.1, 0.15) is 69.9 Å². The van der Waals surface area contributed by atoms with Gasteiger partial charge in [-0.05, 0) is 90.1 Å². The van der Waals surface area contributed by atoms with Crippen LogP contribution in [0, 0.1) is 5.82 Å². The largest absolute Gasteiger partial charge is 0.444 e. The van der Waals surface area contributed by atoms with Crippen molar-refractivity contribution in [2.75, 3.05) is 27.2 Å². The van der Waals surface area contributed by atoms with Crippen LogP contribution in [0.15, 0.2) is 54.9 Å². The minimum atomic E-state index is -1.04. The molecule has 1 saturated heterocycles. The first-order valence-electron chi connectivity index (χ1n) is 16.7. The first kappa shape index (κ1) is 35.8. The molecule has 49 heavy (non-hydrogen) atoms. The Hall–Kier alpha value is -4.52. The molecule has 4 amide bonds. The van der Waals surface area contributed by atoms with Crippen molar-refractivity contribution in [1.82, 2.24) is 29.4 Å². The Morgan fingerprint density at radius 3 is 2.49 bits per heavy atom. The van der Waals surface area contributed by atoms with Crippen LogP contribution in [0.2, 0.25) is 0 Å². The second-order valence-electron chi connectivity index (χ2n) is 14.1. The van der Waals surface area contributed by atoms with Crippen LogP contribution >= 0.6 is 0 Å². The van der Waals surface area contributed by atoms with E-state index in [1.165, 1.54) is 31.2 Å². The van der Waals surface area contributed by atoms with Gasteiger partial charge in [-0.2, -0.15) is 0 Å². The molecule has 2 unspecified atom stereocenters. The van der Waals surface area contributed by atoms with Gasteiger partial charge in [-0.15, -0.1) is 0 Å². The molecule has 12 nitrogen and oxygen atoms in total. The standard InChI is InChI=1S/C36H47FN6O6/c1-23(40(6)34(47)49-35(3,4)5)31(44)39-30(24(2)48-7)33(46)43-19-10-17-36(43)21-28(36)42(20-16-25-12-14-26(37)15-13-25)32(45)27-22-41-18-9-8-11-29(41)38-27/h8-9,11-15,18,22-24,28,30H,10,16-17,19-21H2,1-7H3,(H,39,44)/t23-,24+,28?,30-,36?/m0/s1. The number of amides is 4. The molecular weight excluding hydrogens is 631 g/mol. The summed E-state index contributed by atoms with van der Waals surface area (Å²) in [7, 11) is 2.94. The summed E-state index contributed by atoms with van der Waals surface area (Å²) in [5.41, 5.74) is 0.458. The van der Waals surface area contributed by atoms with Gasteiger partial charge in [-0.3, -0.25) is 19.3 Å². The third-order valence-corrected chi connectivity index (χ3v) is 9.62. The zero-order valence-electron chi connectivity index (χ0n) is 29.3. The van der Waals surface area contributed by atoms with Crippen LogP contribution in [0.3, 0.4) is 0 Å². The van der Waals surface area contributed by atoms with Crippen molar-refractivity contribution in [2.45, 2.75) is 95.7 Å². The highest BCUT2D eigenvalue weighted by molar-refractivity contribution is 5.95. The number of nitrogens with one attached hydrogen (secondary N) is 1. The normalized spacial score (nSPS) is 20.5. The molecule has 1 aliphatic heterocycles. The molecule has 0 radical (unpaired) electrons. The van der Waals surface area contributed by atoms with Crippen molar-refractivity contribution in [1.29, 1.82) is 0 Å². The molecule has 1 saturated carbocycles. The van der Waals surface area contributed by atoms with E-state index in [2.05, 4.69) is 10.3 Å². The van der Waals surface area contributed by atoms with Crippen LogP contribution in [0.5, 0.6) is 0 Å². The summed E-state index contributed by atoms with van der Waals surface area (Å²) in [6, 6.07) is 9.50. The lowest BCUT2D eigenvalue weighted by atomic mass is 10.1. The van der Waals surface area contributed by atoms with E-state index in [1.54, 1.807) is 67.1 Å². The molecular formula is C36H47FN6O6. The minimum Gasteiger partial charge on any atom is -0.444 e. The number of benzene rings is 1. The smallest absolute Gasteiger partial charge is 0.410 e. The Balaban J connectivity index is 1.37. The van der Waals surface area contributed by atoms with E-state index in [0.717, 1.165) is 12.0 Å². The third kappa shape index (κ3) is 7.71. The van der Waals surface area contributed by atoms with Crippen LogP contribution in [-0.2, 0) is 25.5 Å². The summed E-state index contributed by atoms with van der Waals surface area (Å²) in [6.45, 7) is 9.30. The van der Waals surface area contributed by atoms with Crippen molar-refractivity contribution in [3.8, 4) is 0 Å². The summed E-state index contributed by atoms with van der Waals surface area (Å²) < 4.78 is 26.4. The average Bonchev–Trinajstić information content (AvgIpc) is 3.38. The van der Waals surface area contributed by atoms with E-state index in [4.69, 9.17) is 9.47 Å². The number of nitrogens with zero attached hydrogens (tertiary/aromatic N) is 5. The number of carbonyl (C=O) groups excluding carboxylic acids is 4. The Labute approximate surface area is 286 Å². The SMILES string of the molecule is CO[C@H](C)[C@H](NC(=O)[C@H](C)N(C)C(=O)OC(C)(C)C)C(=O)N1CCCC12CC2N(CCc1ccc(F)cc1)C(=O)c1cn2ccccc2n1. The van der Waals surface area contributed by atoms with Gasteiger partial charge in [0, 0.05) is 39.6 Å². The number of methoxy groups -OCH3 is 1. The molecule has 3 aromatic rings. The number of likely N-dealkylation sites (N-methyl/N-ethyl adjacent to an activating group) is 1. The number of ether oxygens (including phenoxy) is 2. The summed E-state index contributed by atoms with van der Waals surface area (Å²) in [5, 5.41) is 2.84. The van der Waals surface area contributed by atoms with Gasteiger partial charge in [-0.1, -0.05) is 18.2 Å². The molecule has 5 rings (SSSR count). The van der Waals surface area contributed by atoms with Gasteiger partial charge in [0.2, 0.25) is 11.8 Å². The summed E-state index contributed by atoms with van der Waals surface area (Å²) in [5.74, 6) is -1.42. The topological polar surface area (TPSA) is 126 Å². The van der Waals surface area contributed by atoms with Crippen molar-refractivity contribution in [3.63, 3.8) is 0 Å². The molecule has 1 N–H and O–H groups in total. The Morgan fingerprint density at radius 1 is 1.12 bits per heavy atom. The molecule has 13 heteroatoms. The van der Waals surface area contributed by atoms with Crippen LogP contribution in [0.25, 0.3) is 5.65 Å². The lowest BCUT2D eigenvalue weighted by molar-refractivity contribution is -0.142. The van der Waals surface area contributed by atoms with Gasteiger partial charge in [0.05, 0.1) is 17.7 Å². The monoisotopic (exact) mass is 678 g/mol. The van der Waals surface area contributed by atoms with Crippen molar-refractivity contribution in [3.05, 3.63) is 71.9 Å². The van der Waals surface area contributed by atoms with Crippen molar-refractivity contribution < 1.29 is 33.0 Å². The second kappa shape index (κ2) is 14.1. The molecule has 0 bridgehead atoms. The number of hydrogen-bond donors (Lipinski definition) is 1. The number of pyridine rings is 1. The fourth-order valence-electron chi connectivity index (χ4n) is 6.58. The number of aromatic nitrogens is 2. The maximum atomic E-state index is 14.4. The van der Waals surface area contributed by atoms with E-state index < -0.39 is 41.3 Å². The van der Waals surface area contributed by atoms with Crippen LogP contribution < -0.4 is 5.32 Å². The maximum Gasteiger partial charge on any atom is 0.410 e. The van der Waals surface area contributed by atoms with Gasteiger partial charge in [0.1, 0.15) is 34.8 Å². The molecule has 3 heterocycles. The van der Waals surface area contributed by atoms with Gasteiger partial charge < -0.3 is 29.0 Å². The molecule has 2 aliphatic rings. The van der Waals surface area contributed by atoms with Gasteiger partial charge >= 0.3 is 6.09 Å². The van der Waals surface area contributed by atoms with E-state index in [9.17, 15) is 23.6 Å². The van der Waals surface area contributed by atoms with Crippen LogP contribution in [0.4, 0.5) is 9.18 Å². The predicted octanol–water partition coefficient (Wildman–Crippen LogP) is 4.07. The molecule has 5 atom stereocenters. The van der Waals surface area contributed by atoms with Gasteiger partial charge in [0.25, 0.3) is 5.91 Å². The number of likely N-dealkylation sites (tertiary alicyclic amines) is 1. The molecule has 1 aliphatic carbocycles. The average molecular weight is 679 g/mol. The minimum absolute atomic E-state index is 0.249. The number of hydrogen-bond acceptors (Lipinski definition) is 7. The maximum absolute atomic E-state index is 14.4. The number of carbonyl (C=O) groups is 4. The first-order valence-corrected chi connectivity index (χ1v) is 16.7. The second-order valence-corrected chi connectivity index (χ2v) is 14.1. The van der Waals surface area contributed by atoms with Gasteiger partial charge in [0.15, 0.2) is 0 Å². The number of rotatable bonds is 11. The molecule has 2 fully saturated rings. The molecule has 1 spiro atoms. The fraction of sp³-hybridized carbons (Fsp3) is 0.528. The third-order valence-electron chi connectivity index (χ3n) is 9.62. The summed E-state index contributed by atoms with van der Waals surface area (Å²) >= 11 is 0. The predicted molar refractivity (Wildman–Crippen MR) is 180 cm³/mol. The Morgan fingerprint density at radius 2 is 1.84 bits per heavy atom. The van der Waals surface area contributed by atoms with E-state index >= 15 is 0 Å². The summed E-state index contributed by atoms with van der Waals surface area (Å²) in [4.78, 5) is 64.0. The van der Waals surface area contributed by atoms with E-state index in [-0.39, 0.29) is 23.7 Å². The lowest BCUT2D eigenvalue weighted by Crippen LogP contribution is -2.59. The zero-order valence-corrected chi connectivity index (χ0v) is 29.3. The fourth-order valence-corrected chi connectivity index (χ4v) is 6.58. The molecule has 1 aromatic carbocycles. The molecule has 264 valence electrons. The Kier molecular flexibility index (Phi) is 10.3. The van der Waals surface area contributed by atoms with E-state index in [1.807, 2.05) is 24.4 Å². The zero-order chi connectivity index (χ0) is 35.7. The van der Waals surface area contributed by atoms with Gasteiger partial charge in [-0.25, -0.2) is 14.2 Å². The number of imidazole rings is 1. The highest BCUT2D eigenvalue weighted by Crippen LogP contribution is 2.53. The van der Waals surface area contributed by atoms with Crippen molar-refractivity contribution in [2.24, 2.45) is 0 Å². The van der Waals surface area contributed by atoms with Crippen LogP contribution in [-0.4, -0.2) is 111 Å². The number of halogens is 1. The summed E-state index contributed by atoms with van der Waals surface area (Å²) in [6.07, 6.45) is 4.67. The highest BCUT2D eigenvalue weighted by atomic mass is 19.1. The molecule has 2 aromatic heterocycles.